The first-order chi connectivity index (χ1) is 8.09. The van der Waals surface area contributed by atoms with Crippen molar-refractivity contribution in [3.05, 3.63) is 34.4 Å². The van der Waals surface area contributed by atoms with Crippen LogP contribution in [0.2, 0.25) is 0 Å². The summed E-state index contributed by atoms with van der Waals surface area (Å²) in [5.74, 6) is -0.940. The fourth-order valence-electron chi connectivity index (χ4n) is 2.21. The lowest BCUT2D eigenvalue weighted by Gasteiger charge is -1.99. The highest BCUT2D eigenvalue weighted by Crippen LogP contribution is 2.32. The number of para-hydroxylation sites is 1. The molecule has 3 aromatic rings. The van der Waals surface area contributed by atoms with Gasteiger partial charge in [0, 0.05) is 22.3 Å². The molecule has 2 aromatic heterocycles. The van der Waals surface area contributed by atoms with E-state index in [9.17, 15) is 4.79 Å². The monoisotopic (exact) mass is 292 g/mol. The van der Waals surface area contributed by atoms with E-state index < -0.39 is 5.97 Å². The van der Waals surface area contributed by atoms with Crippen LogP contribution in [0.25, 0.3) is 21.9 Å². The molecule has 1 aromatic carbocycles. The van der Waals surface area contributed by atoms with E-state index in [1.807, 2.05) is 29.8 Å². The fraction of sp³-hybridized carbons (Fsp3) is 0.0833. The van der Waals surface area contributed by atoms with Crippen LogP contribution >= 0.6 is 15.9 Å². The molecule has 0 fully saturated rings. The number of hydrogen-bond donors (Lipinski definition) is 2. The Morgan fingerprint density at radius 1 is 1.41 bits per heavy atom. The van der Waals surface area contributed by atoms with Crippen LogP contribution < -0.4 is 0 Å². The maximum atomic E-state index is 10.9. The van der Waals surface area contributed by atoms with E-state index in [1.54, 1.807) is 6.07 Å². The van der Waals surface area contributed by atoms with Crippen molar-refractivity contribution in [2.75, 3.05) is 0 Å². The lowest BCUT2D eigenvalue weighted by Crippen LogP contribution is -1.97. The summed E-state index contributed by atoms with van der Waals surface area (Å²) in [7, 11) is 1.91. The molecule has 4 nitrogen and oxygen atoms in total. The van der Waals surface area contributed by atoms with Crippen LogP contribution in [0.3, 0.4) is 0 Å². The number of benzene rings is 1. The largest absolute Gasteiger partial charge is 0.477 e. The first kappa shape index (κ1) is 10.4. The first-order valence-electron chi connectivity index (χ1n) is 5.08. The standard InChI is InChI=1S/C12H9BrN2O2/c1-15-10-6(3-2-4-8(10)13)7-5-9(12(16)17)14-11(7)15/h2-5,14H,1H3,(H,16,17). The molecule has 17 heavy (non-hydrogen) atoms. The van der Waals surface area contributed by atoms with Crippen molar-refractivity contribution in [2.24, 2.45) is 7.05 Å². The topological polar surface area (TPSA) is 58.0 Å². The molecule has 0 saturated heterocycles. The molecule has 0 bridgehead atoms. The first-order valence-corrected chi connectivity index (χ1v) is 5.88. The Hall–Kier alpha value is -1.75. The summed E-state index contributed by atoms with van der Waals surface area (Å²) in [5, 5.41) is 10.9. The summed E-state index contributed by atoms with van der Waals surface area (Å²) < 4.78 is 2.96. The van der Waals surface area contributed by atoms with Crippen LogP contribution in [-0.4, -0.2) is 20.6 Å². The van der Waals surface area contributed by atoms with Crippen molar-refractivity contribution in [1.82, 2.24) is 9.55 Å². The summed E-state index contributed by atoms with van der Waals surface area (Å²) in [5.41, 5.74) is 2.10. The van der Waals surface area contributed by atoms with Crippen molar-refractivity contribution in [3.8, 4) is 0 Å². The summed E-state index contributed by atoms with van der Waals surface area (Å²) >= 11 is 3.51. The van der Waals surface area contributed by atoms with Crippen LogP contribution in [0.4, 0.5) is 0 Å². The number of aromatic nitrogens is 2. The number of carbonyl (C=O) groups is 1. The van der Waals surface area contributed by atoms with Gasteiger partial charge in [-0.05, 0) is 28.1 Å². The minimum Gasteiger partial charge on any atom is -0.477 e. The second-order valence-electron chi connectivity index (χ2n) is 3.95. The summed E-state index contributed by atoms with van der Waals surface area (Å²) in [6, 6.07) is 7.58. The van der Waals surface area contributed by atoms with Gasteiger partial charge in [-0.3, -0.25) is 0 Å². The molecular weight excluding hydrogens is 284 g/mol. The molecule has 0 radical (unpaired) electrons. The van der Waals surface area contributed by atoms with Gasteiger partial charge in [0.25, 0.3) is 0 Å². The van der Waals surface area contributed by atoms with Gasteiger partial charge in [0.1, 0.15) is 11.3 Å². The highest BCUT2D eigenvalue weighted by molar-refractivity contribution is 9.10. The number of carboxylic acid groups (broad SMARTS) is 1. The lowest BCUT2D eigenvalue weighted by molar-refractivity contribution is 0.0691. The predicted octanol–water partition coefficient (Wildman–Crippen LogP) is 3.12. The van der Waals surface area contributed by atoms with Crippen molar-refractivity contribution in [1.29, 1.82) is 0 Å². The molecule has 86 valence electrons. The van der Waals surface area contributed by atoms with Gasteiger partial charge in [-0.25, -0.2) is 4.79 Å². The van der Waals surface area contributed by atoms with Gasteiger partial charge in [0.2, 0.25) is 0 Å². The Kier molecular flexibility index (Phi) is 2.06. The van der Waals surface area contributed by atoms with E-state index in [-0.39, 0.29) is 5.69 Å². The number of fused-ring (bicyclic) bond motifs is 3. The number of aromatic amines is 1. The van der Waals surface area contributed by atoms with E-state index in [1.165, 1.54) is 0 Å². The van der Waals surface area contributed by atoms with E-state index in [2.05, 4.69) is 20.9 Å². The minimum atomic E-state index is -0.940. The number of aryl methyl sites for hydroxylation is 1. The molecule has 0 spiro atoms. The van der Waals surface area contributed by atoms with E-state index in [4.69, 9.17) is 5.11 Å². The molecule has 0 aliphatic rings. The van der Waals surface area contributed by atoms with Crippen LogP contribution in [0.5, 0.6) is 0 Å². The van der Waals surface area contributed by atoms with Gasteiger partial charge >= 0.3 is 5.97 Å². The SMILES string of the molecule is Cn1c2[nH]c(C(=O)O)cc2c2cccc(Br)c21. The van der Waals surface area contributed by atoms with Gasteiger partial charge in [-0.15, -0.1) is 0 Å². The van der Waals surface area contributed by atoms with Gasteiger partial charge in [-0.1, -0.05) is 12.1 Å². The maximum absolute atomic E-state index is 10.9. The lowest BCUT2D eigenvalue weighted by atomic mass is 10.2. The number of carboxylic acids is 1. The quantitative estimate of drug-likeness (QED) is 0.724. The Labute approximate surface area is 105 Å². The number of hydrogen-bond acceptors (Lipinski definition) is 1. The third kappa shape index (κ3) is 1.32. The third-order valence-electron chi connectivity index (χ3n) is 2.98. The van der Waals surface area contributed by atoms with Gasteiger partial charge in [0.05, 0.1) is 5.52 Å². The van der Waals surface area contributed by atoms with Crippen molar-refractivity contribution in [3.63, 3.8) is 0 Å². The van der Waals surface area contributed by atoms with Gasteiger partial charge < -0.3 is 14.7 Å². The van der Waals surface area contributed by atoms with E-state index >= 15 is 0 Å². The highest BCUT2D eigenvalue weighted by Gasteiger charge is 2.15. The predicted molar refractivity (Wildman–Crippen MR) is 69.4 cm³/mol. The molecule has 0 aliphatic heterocycles. The number of rotatable bonds is 1. The summed E-state index contributed by atoms with van der Waals surface area (Å²) in [6.45, 7) is 0. The zero-order chi connectivity index (χ0) is 12.2. The highest BCUT2D eigenvalue weighted by atomic mass is 79.9. The number of H-pyrrole nitrogens is 1. The maximum Gasteiger partial charge on any atom is 0.352 e. The number of nitrogens with one attached hydrogen (secondary N) is 1. The second-order valence-corrected chi connectivity index (χ2v) is 4.80. The molecule has 0 saturated carbocycles. The van der Waals surface area contributed by atoms with Gasteiger partial charge in [-0.2, -0.15) is 0 Å². The summed E-state index contributed by atoms with van der Waals surface area (Å²) in [6.07, 6.45) is 0. The van der Waals surface area contributed by atoms with Crippen LogP contribution in [0, 0.1) is 0 Å². The van der Waals surface area contributed by atoms with Crippen molar-refractivity contribution < 1.29 is 9.90 Å². The fourth-order valence-corrected chi connectivity index (χ4v) is 2.85. The molecule has 3 rings (SSSR count). The Balaban J connectivity index is 2.51. The average Bonchev–Trinajstić information content (AvgIpc) is 2.81. The van der Waals surface area contributed by atoms with Crippen molar-refractivity contribution >= 4 is 43.8 Å². The zero-order valence-corrected chi connectivity index (χ0v) is 10.6. The third-order valence-corrected chi connectivity index (χ3v) is 3.61. The Morgan fingerprint density at radius 3 is 2.88 bits per heavy atom. The van der Waals surface area contributed by atoms with Gasteiger partial charge in [0.15, 0.2) is 0 Å². The number of halogens is 1. The molecule has 2 N–H and O–H groups in total. The summed E-state index contributed by atoms with van der Waals surface area (Å²) in [4.78, 5) is 13.9. The molecule has 0 atom stereocenters. The number of nitrogens with zero attached hydrogens (tertiary/aromatic N) is 1. The van der Waals surface area contributed by atoms with E-state index in [0.29, 0.717) is 0 Å². The number of aromatic carboxylic acids is 1. The minimum absolute atomic E-state index is 0.215. The molecular formula is C12H9BrN2O2. The van der Waals surface area contributed by atoms with Crippen LogP contribution in [0.1, 0.15) is 10.5 Å². The average molecular weight is 293 g/mol. The van der Waals surface area contributed by atoms with Crippen LogP contribution in [0.15, 0.2) is 28.7 Å². The van der Waals surface area contributed by atoms with E-state index in [0.717, 1.165) is 26.4 Å². The Morgan fingerprint density at radius 2 is 2.18 bits per heavy atom. The smallest absolute Gasteiger partial charge is 0.352 e. The second kappa shape index (κ2) is 3.37. The molecule has 0 aliphatic carbocycles. The normalized spacial score (nSPS) is 11.4. The molecule has 0 amide bonds. The molecule has 0 unspecified atom stereocenters. The van der Waals surface area contributed by atoms with Crippen LogP contribution in [-0.2, 0) is 7.05 Å². The molecule has 2 heterocycles. The Bertz CT molecular complexity index is 755. The molecule has 5 heteroatoms. The zero-order valence-electron chi connectivity index (χ0n) is 8.99. The van der Waals surface area contributed by atoms with Crippen molar-refractivity contribution in [2.45, 2.75) is 0 Å².